The van der Waals surface area contributed by atoms with Gasteiger partial charge in [-0.1, -0.05) is 33.8 Å². The molecular weight excluding hydrogens is 771 g/mol. The number of nitrogens with one attached hydrogen (secondary N) is 2. The summed E-state index contributed by atoms with van der Waals surface area (Å²) in [6, 6.07) is 7.91. The van der Waals surface area contributed by atoms with Gasteiger partial charge in [0, 0.05) is 67.5 Å². The number of hydrazine groups is 1. The molecule has 2 aromatic heterocycles. The summed E-state index contributed by atoms with van der Waals surface area (Å²) in [6.07, 6.45) is 3.41. The molecule has 0 aliphatic carbocycles. The average molecular weight is 830 g/mol. The van der Waals surface area contributed by atoms with Crippen LogP contribution in [0.15, 0.2) is 41.5 Å². The van der Waals surface area contributed by atoms with Crippen LogP contribution in [-0.2, 0) is 46.4 Å². The van der Waals surface area contributed by atoms with Crippen LogP contribution in [0.5, 0.6) is 0 Å². The number of likely N-dealkylation sites (N-methyl/N-ethyl adjacent to an activating group) is 1. The highest BCUT2D eigenvalue weighted by Gasteiger charge is 2.40. The lowest BCUT2D eigenvalue weighted by Gasteiger charge is -2.37. The van der Waals surface area contributed by atoms with Crippen molar-refractivity contribution >= 4 is 51.4 Å². The number of ether oxygens (including phenoxy) is 3. The first-order chi connectivity index (χ1) is 28.2. The normalized spacial score (nSPS) is 23.6. The molecule has 0 spiro atoms. The van der Waals surface area contributed by atoms with Gasteiger partial charge < -0.3 is 29.0 Å². The molecular formula is C44H59N7O7S. The van der Waals surface area contributed by atoms with E-state index in [2.05, 4.69) is 60.3 Å². The quantitative estimate of drug-likeness (QED) is 0.274. The highest BCUT2D eigenvalue weighted by Crippen LogP contribution is 2.42. The minimum absolute atomic E-state index is 0.158. The van der Waals surface area contributed by atoms with Crippen molar-refractivity contribution in [2.24, 2.45) is 22.2 Å². The Labute approximate surface area is 351 Å². The number of cyclic esters (lactones) is 1. The van der Waals surface area contributed by atoms with E-state index < -0.39 is 35.4 Å². The van der Waals surface area contributed by atoms with E-state index in [0.717, 1.165) is 50.6 Å². The van der Waals surface area contributed by atoms with E-state index in [4.69, 9.17) is 24.2 Å². The molecule has 3 amide bonds. The Morgan fingerprint density at radius 1 is 1.17 bits per heavy atom. The molecule has 0 radical (unpaired) electrons. The number of hydrogen-bond acceptors (Lipinski definition) is 11. The van der Waals surface area contributed by atoms with Crippen molar-refractivity contribution in [2.45, 2.75) is 104 Å². The number of carbonyl (C=O) groups is 4. The van der Waals surface area contributed by atoms with E-state index in [0.29, 0.717) is 44.8 Å². The fourth-order valence-corrected chi connectivity index (χ4v) is 9.89. The molecule has 0 saturated carbocycles. The number of nitrogens with zero attached hydrogens (tertiary/aromatic N) is 5. The molecule has 3 aromatic rings. The number of aliphatic imine (C=N–C) groups is 1. The monoisotopic (exact) mass is 829 g/mol. The van der Waals surface area contributed by atoms with Crippen molar-refractivity contribution < 1.29 is 33.4 Å². The van der Waals surface area contributed by atoms with Crippen molar-refractivity contribution in [1.82, 2.24) is 30.2 Å². The minimum atomic E-state index is -0.997. The Kier molecular flexibility index (Phi) is 12.9. The highest BCUT2D eigenvalue weighted by molar-refractivity contribution is 8.14. The molecule has 6 bridgehead atoms. The third-order valence-corrected chi connectivity index (χ3v) is 13.2. The molecule has 14 nitrogen and oxygen atoms in total. The van der Waals surface area contributed by atoms with Crippen LogP contribution in [0.25, 0.3) is 22.2 Å². The summed E-state index contributed by atoms with van der Waals surface area (Å²) >= 11 is 1.59. The SMILES string of the molecule is CCn1c(-c2cccnc2[C@H](C)OC)c2c3cc(ccc31)C1CSC(=N1)C[C@H](NC(=O)[C@H](C(C)C)N(C)C(=O)C1COC1)C(=O)N1CCC[C@H](N1)C(=O)OCC(C)(C)C2. The van der Waals surface area contributed by atoms with Crippen LogP contribution in [0.1, 0.15) is 89.8 Å². The van der Waals surface area contributed by atoms with E-state index in [-0.39, 0.29) is 48.8 Å². The van der Waals surface area contributed by atoms with Crippen molar-refractivity contribution in [2.75, 3.05) is 46.3 Å². The maximum atomic E-state index is 14.5. The summed E-state index contributed by atoms with van der Waals surface area (Å²) in [6.45, 7) is 14.0. The summed E-state index contributed by atoms with van der Waals surface area (Å²) in [5, 5.41) is 6.34. The van der Waals surface area contributed by atoms with Gasteiger partial charge in [0.25, 0.3) is 5.91 Å². The third kappa shape index (κ3) is 8.80. The zero-order valence-electron chi connectivity index (χ0n) is 35.6. The van der Waals surface area contributed by atoms with Crippen LogP contribution < -0.4 is 10.7 Å². The molecule has 2 N–H and O–H groups in total. The van der Waals surface area contributed by atoms with Gasteiger partial charge in [0.15, 0.2) is 0 Å². The lowest BCUT2D eigenvalue weighted by Crippen LogP contribution is -2.62. The van der Waals surface area contributed by atoms with Gasteiger partial charge in [0.2, 0.25) is 11.8 Å². The maximum absolute atomic E-state index is 14.5. The van der Waals surface area contributed by atoms with E-state index >= 15 is 0 Å². The number of methoxy groups -OCH3 is 1. The Hall–Kier alpha value is -4.31. The number of amides is 3. The first-order valence-electron chi connectivity index (χ1n) is 20.9. The summed E-state index contributed by atoms with van der Waals surface area (Å²) in [7, 11) is 3.33. The molecule has 7 rings (SSSR count). The fourth-order valence-electron chi connectivity index (χ4n) is 8.78. The van der Waals surface area contributed by atoms with Gasteiger partial charge in [0.05, 0.1) is 54.3 Å². The number of hydrogen-bond donors (Lipinski definition) is 2. The molecule has 6 heterocycles. The lowest BCUT2D eigenvalue weighted by molar-refractivity contribution is -0.156. The van der Waals surface area contributed by atoms with Crippen molar-refractivity contribution in [1.29, 1.82) is 0 Å². The Bertz CT molecular complexity index is 2110. The smallest absolute Gasteiger partial charge is 0.324 e. The molecule has 1 unspecified atom stereocenters. The third-order valence-electron chi connectivity index (χ3n) is 12.1. The molecule has 1 aromatic carbocycles. The average Bonchev–Trinajstić information content (AvgIpc) is 3.79. The number of esters is 1. The molecule has 5 atom stereocenters. The van der Waals surface area contributed by atoms with E-state index in [1.54, 1.807) is 32.1 Å². The van der Waals surface area contributed by atoms with Gasteiger partial charge in [-0.25, -0.2) is 5.43 Å². The standard InChI is InChI=1S/C44H59N7O7S/c1-9-50-35-15-14-27-18-30(35)31(39(50)29-12-10-16-45-37(29)26(4)56-8)20-44(5,6)24-58-43(55)32-13-11-17-51(48-32)42(54)33(19-36-46-34(27)23-59-36)47-40(52)38(25(2)3)49(7)41(53)28-21-57-22-28/h10,12,14-16,18,25-26,28,32-34,38,48H,9,11,13,17,19-24H2,1-8H3,(H,47,52)/t26-,32-,33-,34?,38-/m0/s1. The number of rotatable bonds is 9. The summed E-state index contributed by atoms with van der Waals surface area (Å²) in [5.41, 5.74) is 8.87. The number of benzene rings is 1. The van der Waals surface area contributed by atoms with Crippen LogP contribution in [0, 0.1) is 17.3 Å². The number of aromatic nitrogens is 2. The molecule has 318 valence electrons. The predicted molar refractivity (Wildman–Crippen MR) is 227 cm³/mol. The topological polar surface area (TPSA) is 157 Å². The van der Waals surface area contributed by atoms with E-state index in [1.165, 1.54) is 9.91 Å². The van der Waals surface area contributed by atoms with Gasteiger partial charge in [-0.3, -0.25) is 34.2 Å². The second-order valence-corrected chi connectivity index (χ2v) is 18.5. The minimum Gasteiger partial charge on any atom is -0.464 e. The molecule has 15 heteroatoms. The van der Waals surface area contributed by atoms with Gasteiger partial charge in [-0.05, 0) is 74.4 Å². The van der Waals surface area contributed by atoms with E-state index in [1.807, 2.05) is 26.8 Å². The summed E-state index contributed by atoms with van der Waals surface area (Å²) in [4.78, 5) is 67.2. The maximum Gasteiger partial charge on any atom is 0.324 e. The number of fused-ring (bicyclic) bond motifs is 5. The largest absolute Gasteiger partial charge is 0.464 e. The van der Waals surface area contributed by atoms with Crippen LogP contribution in [0.4, 0.5) is 0 Å². The second kappa shape index (κ2) is 17.7. The van der Waals surface area contributed by atoms with Gasteiger partial charge in [0.1, 0.15) is 18.1 Å². The van der Waals surface area contributed by atoms with Crippen molar-refractivity contribution in [3.05, 3.63) is 53.3 Å². The van der Waals surface area contributed by atoms with Crippen LogP contribution >= 0.6 is 11.8 Å². The van der Waals surface area contributed by atoms with Crippen LogP contribution in [0.2, 0.25) is 0 Å². The zero-order valence-corrected chi connectivity index (χ0v) is 36.4. The summed E-state index contributed by atoms with van der Waals surface area (Å²) in [5.74, 6) is -1.22. The molecule has 59 heavy (non-hydrogen) atoms. The zero-order chi connectivity index (χ0) is 42.2. The Morgan fingerprint density at radius 3 is 2.64 bits per heavy atom. The predicted octanol–water partition coefficient (Wildman–Crippen LogP) is 5.24. The lowest BCUT2D eigenvalue weighted by atomic mass is 9.84. The van der Waals surface area contributed by atoms with Crippen LogP contribution in [-0.4, -0.2) is 113 Å². The first kappa shape index (κ1) is 42.8. The molecule has 4 aliphatic heterocycles. The number of pyridine rings is 1. The number of thioether (sulfide) groups is 1. The Balaban J connectivity index is 1.29. The fraction of sp³-hybridized carbons (Fsp3) is 0.591. The van der Waals surface area contributed by atoms with Gasteiger partial charge >= 0.3 is 5.97 Å². The van der Waals surface area contributed by atoms with Gasteiger partial charge in [-0.2, -0.15) is 0 Å². The molecule has 2 saturated heterocycles. The van der Waals surface area contributed by atoms with Crippen LogP contribution in [0.3, 0.4) is 0 Å². The van der Waals surface area contributed by atoms with Gasteiger partial charge in [-0.15, -0.1) is 11.8 Å². The molecule has 4 aliphatic rings. The van der Waals surface area contributed by atoms with Crippen molar-refractivity contribution in [3.8, 4) is 11.3 Å². The van der Waals surface area contributed by atoms with Crippen molar-refractivity contribution in [3.63, 3.8) is 0 Å². The first-order valence-corrected chi connectivity index (χ1v) is 21.9. The number of aryl methyl sites for hydroxylation is 1. The Morgan fingerprint density at radius 2 is 1.95 bits per heavy atom. The number of carbonyl (C=O) groups excluding carboxylic acids is 4. The molecule has 2 fully saturated rings. The highest BCUT2D eigenvalue weighted by atomic mass is 32.2. The summed E-state index contributed by atoms with van der Waals surface area (Å²) < 4.78 is 19.5. The van der Waals surface area contributed by atoms with E-state index in [9.17, 15) is 19.2 Å². The second-order valence-electron chi connectivity index (χ2n) is 17.4.